The van der Waals surface area contributed by atoms with E-state index in [0.29, 0.717) is 0 Å². The van der Waals surface area contributed by atoms with E-state index in [-0.39, 0.29) is 0 Å². The van der Waals surface area contributed by atoms with Crippen LogP contribution < -0.4 is 11.1 Å². The van der Waals surface area contributed by atoms with Crippen LogP contribution in [-0.2, 0) is 13.5 Å². The van der Waals surface area contributed by atoms with Gasteiger partial charge in [0.2, 0.25) is 0 Å². The summed E-state index contributed by atoms with van der Waals surface area (Å²) in [7, 11) is 1.91. The maximum Gasteiger partial charge on any atom is 0.152 e. The maximum atomic E-state index is 6.12. The monoisotopic (exact) mass is 356 g/mol. The van der Waals surface area contributed by atoms with Crippen molar-refractivity contribution in [2.75, 3.05) is 11.1 Å². The summed E-state index contributed by atoms with van der Waals surface area (Å²) in [5.41, 5.74) is 8.86. The van der Waals surface area contributed by atoms with Gasteiger partial charge in [-0.15, -0.1) is 0 Å². The molecule has 0 unspecified atom stereocenters. The summed E-state index contributed by atoms with van der Waals surface area (Å²) in [5.74, 6) is 0.861. The summed E-state index contributed by atoms with van der Waals surface area (Å²) in [6.45, 7) is 2.13. The molecule has 0 radical (unpaired) electrons. The Morgan fingerprint density at radius 3 is 2.61 bits per heavy atom. The van der Waals surface area contributed by atoms with E-state index in [9.17, 15) is 0 Å². The molecule has 0 saturated carbocycles. The van der Waals surface area contributed by atoms with E-state index < -0.39 is 0 Å². The van der Waals surface area contributed by atoms with Crippen LogP contribution in [0.25, 0.3) is 0 Å². The summed E-state index contributed by atoms with van der Waals surface area (Å²) in [6.07, 6.45) is 1.96. The first-order valence-corrected chi connectivity index (χ1v) is 7.03. The van der Waals surface area contributed by atoms with Gasteiger partial charge in [0.15, 0.2) is 5.82 Å². The van der Waals surface area contributed by atoms with Gasteiger partial charge in [-0.25, -0.2) is 0 Å². The Kier molecular flexibility index (Phi) is 4.11. The summed E-state index contributed by atoms with van der Waals surface area (Å²) >= 11 is 2.29. The lowest BCUT2D eigenvalue weighted by atomic mass is 10.2. The molecule has 0 atom stereocenters. The topological polar surface area (TPSA) is 55.9 Å². The van der Waals surface area contributed by atoms with Crippen molar-refractivity contribution >= 4 is 39.8 Å². The lowest BCUT2D eigenvalue weighted by molar-refractivity contribution is 0.740. The Morgan fingerprint density at radius 2 is 2.00 bits per heavy atom. The fourth-order valence-corrected chi connectivity index (χ4v) is 2.20. The van der Waals surface area contributed by atoms with Crippen molar-refractivity contribution in [3.05, 3.63) is 33.5 Å². The van der Waals surface area contributed by atoms with Gasteiger partial charge in [0.05, 0.1) is 11.4 Å². The number of nitrogens with two attached hydrogens (primary N) is 1. The fraction of sp³-hybridized carbons (Fsp3) is 0.308. The van der Waals surface area contributed by atoms with Gasteiger partial charge in [-0.05, 0) is 53.3 Å². The second-order valence-electron chi connectivity index (χ2n) is 4.21. The third-order valence-corrected chi connectivity index (χ3v) is 3.47. The highest BCUT2D eigenvalue weighted by atomic mass is 127. The fourth-order valence-electron chi connectivity index (χ4n) is 1.84. The van der Waals surface area contributed by atoms with E-state index in [2.05, 4.69) is 52.1 Å². The van der Waals surface area contributed by atoms with Crippen LogP contribution in [0.3, 0.4) is 0 Å². The minimum absolute atomic E-state index is 0.748. The van der Waals surface area contributed by atoms with Crippen molar-refractivity contribution in [3.63, 3.8) is 0 Å². The van der Waals surface area contributed by atoms with Gasteiger partial charge in [0, 0.05) is 16.3 Å². The van der Waals surface area contributed by atoms with Crippen molar-refractivity contribution in [2.24, 2.45) is 7.05 Å². The Bertz CT molecular complexity index is 531. The van der Waals surface area contributed by atoms with E-state index in [1.165, 1.54) is 3.57 Å². The minimum atomic E-state index is 0.748. The van der Waals surface area contributed by atoms with Crippen LogP contribution in [0.4, 0.5) is 17.2 Å². The van der Waals surface area contributed by atoms with Crippen LogP contribution in [0.2, 0.25) is 0 Å². The van der Waals surface area contributed by atoms with Crippen molar-refractivity contribution in [1.29, 1.82) is 0 Å². The molecule has 0 spiro atoms. The quantitative estimate of drug-likeness (QED) is 0.827. The molecule has 2 aromatic rings. The molecule has 1 heterocycles. The number of aryl methyl sites for hydroxylation is 2. The molecule has 1 aromatic carbocycles. The number of hydrogen-bond donors (Lipinski definition) is 2. The first-order valence-electron chi connectivity index (χ1n) is 5.95. The van der Waals surface area contributed by atoms with Crippen molar-refractivity contribution in [3.8, 4) is 0 Å². The molecule has 0 aliphatic heterocycles. The van der Waals surface area contributed by atoms with E-state index in [4.69, 9.17) is 5.73 Å². The van der Waals surface area contributed by atoms with E-state index in [1.54, 1.807) is 4.68 Å². The van der Waals surface area contributed by atoms with E-state index >= 15 is 0 Å². The van der Waals surface area contributed by atoms with Crippen LogP contribution in [0, 0.1) is 3.57 Å². The van der Waals surface area contributed by atoms with E-state index in [1.807, 2.05) is 19.2 Å². The van der Waals surface area contributed by atoms with Gasteiger partial charge in [0.25, 0.3) is 0 Å². The van der Waals surface area contributed by atoms with Gasteiger partial charge >= 0.3 is 0 Å². The lowest BCUT2D eigenvalue weighted by Crippen LogP contribution is -2.01. The van der Waals surface area contributed by atoms with Gasteiger partial charge in [0.1, 0.15) is 0 Å². The average molecular weight is 356 g/mol. The number of halogens is 1. The molecule has 2 rings (SSSR count). The predicted octanol–water partition coefficient (Wildman–Crippen LogP) is 3.30. The first kappa shape index (κ1) is 13.2. The highest BCUT2D eigenvalue weighted by Crippen LogP contribution is 2.26. The molecular weight excluding hydrogens is 339 g/mol. The summed E-state index contributed by atoms with van der Waals surface area (Å²) in [4.78, 5) is 0. The summed E-state index contributed by atoms with van der Waals surface area (Å²) in [6, 6.07) is 8.19. The number of nitrogens with one attached hydrogen (secondary N) is 1. The number of anilines is 3. The summed E-state index contributed by atoms with van der Waals surface area (Å²) < 4.78 is 3.01. The number of nitrogens with zero attached hydrogens (tertiary/aromatic N) is 2. The molecule has 18 heavy (non-hydrogen) atoms. The molecule has 1 aromatic heterocycles. The molecule has 0 aliphatic rings. The Labute approximate surface area is 121 Å². The predicted molar refractivity (Wildman–Crippen MR) is 84.1 cm³/mol. The number of aromatic nitrogens is 2. The largest absolute Gasteiger partial charge is 0.394 e. The van der Waals surface area contributed by atoms with Gasteiger partial charge in [-0.2, -0.15) is 5.10 Å². The van der Waals surface area contributed by atoms with E-state index in [0.717, 1.165) is 35.7 Å². The van der Waals surface area contributed by atoms with Crippen LogP contribution >= 0.6 is 22.6 Å². The van der Waals surface area contributed by atoms with Gasteiger partial charge in [-0.1, -0.05) is 13.3 Å². The average Bonchev–Trinajstić information content (AvgIpc) is 2.60. The van der Waals surface area contributed by atoms with Gasteiger partial charge in [-0.3, -0.25) is 4.68 Å². The molecular formula is C13H17IN4. The molecule has 4 nitrogen and oxygen atoms in total. The molecule has 0 saturated heterocycles. The van der Waals surface area contributed by atoms with Crippen LogP contribution in [0.15, 0.2) is 24.3 Å². The number of rotatable bonds is 4. The molecule has 0 bridgehead atoms. The zero-order chi connectivity index (χ0) is 13.1. The van der Waals surface area contributed by atoms with Crippen LogP contribution in [-0.4, -0.2) is 9.78 Å². The van der Waals surface area contributed by atoms with Crippen LogP contribution in [0.1, 0.15) is 19.0 Å². The second kappa shape index (κ2) is 5.60. The third kappa shape index (κ3) is 2.77. The van der Waals surface area contributed by atoms with Crippen molar-refractivity contribution < 1.29 is 0 Å². The lowest BCUT2D eigenvalue weighted by Gasteiger charge is -2.07. The Morgan fingerprint density at radius 1 is 1.33 bits per heavy atom. The second-order valence-corrected chi connectivity index (χ2v) is 5.46. The molecule has 0 aliphatic carbocycles. The zero-order valence-corrected chi connectivity index (χ0v) is 12.7. The SMILES string of the molecule is CCCc1nn(C)c(Nc2ccc(I)cc2)c1N. The Hall–Kier alpha value is -1.24. The number of benzene rings is 1. The third-order valence-electron chi connectivity index (χ3n) is 2.75. The highest BCUT2D eigenvalue weighted by Gasteiger charge is 2.12. The maximum absolute atomic E-state index is 6.12. The highest BCUT2D eigenvalue weighted by molar-refractivity contribution is 14.1. The zero-order valence-electron chi connectivity index (χ0n) is 10.6. The molecule has 96 valence electrons. The smallest absolute Gasteiger partial charge is 0.152 e. The van der Waals surface area contributed by atoms with Crippen LogP contribution in [0.5, 0.6) is 0 Å². The molecule has 0 amide bonds. The minimum Gasteiger partial charge on any atom is -0.394 e. The van der Waals surface area contributed by atoms with Gasteiger partial charge < -0.3 is 11.1 Å². The first-order chi connectivity index (χ1) is 8.61. The standard InChI is InChI=1S/C13H17IN4/c1-3-4-11-12(15)13(18(2)17-11)16-10-7-5-9(14)6-8-10/h5-8,16H,3-4,15H2,1-2H3. The Balaban J connectivity index is 2.26. The van der Waals surface area contributed by atoms with Crippen molar-refractivity contribution in [2.45, 2.75) is 19.8 Å². The molecule has 3 N–H and O–H groups in total. The number of hydrogen-bond acceptors (Lipinski definition) is 3. The van der Waals surface area contributed by atoms with Crippen molar-refractivity contribution in [1.82, 2.24) is 9.78 Å². The summed E-state index contributed by atoms with van der Waals surface area (Å²) in [5, 5.41) is 7.76. The molecule has 0 fully saturated rings. The normalized spacial score (nSPS) is 10.6. The molecule has 5 heteroatoms. The number of nitrogen functional groups attached to an aromatic ring is 1.